The summed E-state index contributed by atoms with van der Waals surface area (Å²) in [5, 5.41) is 18.1. The molecule has 4 heteroatoms. The van der Waals surface area contributed by atoms with Gasteiger partial charge in [0.05, 0.1) is 45.0 Å². The Morgan fingerprint density at radius 1 is 0.186 bits per heavy atom. The smallest absolute Gasteiger partial charge is 0.159 e. The largest absolute Gasteiger partial charge is 0.454 e. The van der Waals surface area contributed by atoms with Crippen molar-refractivity contribution >= 4 is 143 Å². The molecule has 0 saturated carbocycles. The summed E-state index contributed by atoms with van der Waals surface area (Å²) in [5.74, 6) is 0. The van der Waals surface area contributed by atoms with Crippen molar-refractivity contribution in [1.29, 1.82) is 0 Å². The molecule has 0 bridgehead atoms. The van der Waals surface area contributed by atoms with Gasteiger partial charge >= 0.3 is 0 Å². The van der Waals surface area contributed by atoms with Crippen LogP contribution in [0.2, 0.25) is 0 Å². The first-order valence-electron chi connectivity index (χ1n) is 35.3. The fraction of sp³-hybridized carbons (Fsp3) is 0.0204. The summed E-state index contributed by atoms with van der Waals surface area (Å²) in [5.41, 5.74) is 19.2. The number of rotatable bonds is 9. The monoisotopic (exact) mass is 1300 g/mol. The first-order chi connectivity index (χ1) is 50.6. The van der Waals surface area contributed by atoms with Crippen molar-refractivity contribution in [1.82, 2.24) is 0 Å². The zero-order valence-electron chi connectivity index (χ0n) is 55.4. The first kappa shape index (κ1) is 56.7. The standard InChI is InChI=1S/C98H60N2O2/c1-3-33-65(34-4-1)97(79-57-55-63-29-9-13-39-69(63)91(79)93-75-45-17-15-41-71(75)87(59-81(93)97)99(83-49-23-31-61-27-7-11-37-67(61)83)85-51-25-47-77-73-43-19-21-53-89(73)101-95(77)85)98(66-35-5-2-6-36-66)80-58-56-64-30-10-14-40-70(64)92(80)94-76-46-18-16-42-72(76)88(60-82(94)98)100(84-50-24-32-62-28-8-12-38-68(62)84)86-52-26-48-78-74-44-20-22-54-90(74)102-96(78)86/h1-60H. The minimum Gasteiger partial charge on any atom is -0.454 e. The fourth-order valence-electron chi connectivity index (χ4n) is 18.9. The topological polar surface area (TPSA) is 32.8 Å². The highest BCUT2D eigenvalue weighted by Gasteiger charge is 2.65. The highest BCUT2D eigenvalue weighted by molar-refractivity contribution is 6.22. The summed E-state index contributed by atoms with van der Waals surface area (Å²) in [6, 6.07) is 137. The van der Waals surface area contributed by atoms with Gasteiger partial charge in [0.15, 0.2) is 11.2 Å². The van der Waals surface area contributed by atoms with Gasteiger partial charge < -0.3 is 18.6 Å². The zero-order chi connectivity index (χ0) is 66.8. The minimum atomic E-state index is -1.11. The van der Waals surface area contributed by atoms with Crippen LogP contribution in [0.5, 0.6) is 0 Å². The first-order valence-corrected chi connectivity index (χ1v) is 35.3. The van der Waals surface area contributed by atoms with Crippen molar-refractivity contribution in [2.24, 2.45) is 0 Å². The van der Waals surface area contributed by atoms with Crippen LogP contribution >= 0.6 is 0 Å². The molecular formula is C98H60N2O2. The van der Waals surface area contributed by atoms with Gasteiger partial charge in [-0.15, -0.1) is 0 Å². The highest BCUT2D eigenvalue weighted by atomic mass is 16.3. The quantitative estimate of drug-likeness (QED) is 0.144. The molecule has 22 rings (SSSR count). The van der Waals surface area contributed by atoms with Crippen LogP contribution in [0.1, 0.15) is 33.4 Å². The Morgan fingerprint density at radius 3 is 0.902 bits per heavy atom. The maximum Gasteiger partial charge on any atom is 0.159 e. The molecule has 2 heterocycles. The molecule has 20 aromatic rings. The van der Waals surface area contributed by atoms with Crippen LogP contribution in [-0.4, -0.2) is 0 Å². The van der Waals surface area contributed by atoms with Crippen molar-refractivity contribution in [3.05, 3.63) is 397 Å². The lowest BCUT2D eigenvalue weighted by atomic mass is 9.49. The Bertz CT molecular complexity index is 6500. The molecule has 0 amide bonds. The minimum absolute atomic E-state index is 0.819. The van der Waals surface area contributed by atoms with Crippen molar-refractivity contribution in [3.63, 3.8) is 0 Å². The van der Waals surface area contributed by atoms with Crippen LogP contribution in [0.15, 0.2) is 373 Å². The average molecular weight is 1300 g/mol. The summed E-state index contributed by atoms with van der Waals surface area (Å²) in [4.78, 5) is 5.08. The Balaban J connectivity index is 0.972. The molecule has 0 fully saturated rings. The van der Waals surface area contributed by atoms with Crippen LogP contribution < -0.4 is 9.80 Å². The maximum absolute atomic E-state index is 7.24. The summed E-state index contributed by atoms with van der Waals surface area (Å²) >= 11 is 0. The molecule has 0 radical (unpaired) electrons. The number of furan rings is 2. The molecule has 2 aromatic heterocycles. The SMILES string of the molecule is c1ccc(C2(C3(c4ccccc4)c4ccc5ccccc5c4-c4c3cc(N(c3cccc5ccccc35)c3cccc5c3oc3ccccc35)c3ccccc43)c3ccc4ccccc4c3-c3c2cc(N(c2cccc4ccccc24)c2cccc4c2oc2ccccc24)c2ccccc32)cc1. The maximum atomic E-state index is 7.24. The van der Waals surface area contributed by atoms with E-state index in [-0.39, 0.29) is 0 Å². The van der Waals surface area contributed by atoms with Gasteiger partial charge in [0.25, 0.3) is 0 Å². The van der Waals surface area contributed by atoms with E-state index in [2.05, 4.69) is 374 Å². The van der Waals surface area contributed by atoms with Gasteiger partial charge in [-0.1, -0.05) is 315 Å². The van der Waals surface area contributed by atoms with Gasteiger partial charge in [-0.25, -0.2) is 0 Å². The van der Waals surface area contributed by atoms with E-state index in [0.717, 1.165) is 121 Å². The number of fused-ring (bicyclic) bond motifs is 22. The van der Waals surface area contributed by atoms with Crippen molar-refractivity contribution in [3.8, 4) is 22.3 Å². The molecule has 4 nitrogen and oxygen atoms in total. The van der Waals surface area contributed by atoms with Gasteiger partial charge in [-0.3, -0.25) is 0 Å². The molecule has 0 spiro atoms. The normalized spacial score (nSPS) is 15.3. The Hall–Kier alpha value is -13.3. The molecule has 2 unspecified atom stereocenters. The molecule has 2 aliphatic carbocycles. The van der Waals surface area contributed by atoms with Crippen LogP contribution in [-0.2, 0) is 10.8 Å². The number of anilines is 6. The van der Waals surface area contributed by atoms with Crippen molar-refractivity contribution in [2.75, 3.05) is 9.80 Å². The lowest BCUT2D eigenvalue weighted by Crippen LogP contribution is -2.50. The van der Waals surface area contributed by atoms with E-state index in [0.29, 0.717) is 0 Å². The predicted octanol–water partition coefficient (Wildman–Crippen LogP) is 26.7. The Morgan fingerprint density at radius 2 is 0.480 bits per heavy atom. The molecule has 0 aliphatic heterocycles. The molecule has 474 valence electrons. The third-order valence-corrected chi connectivity index (χ3v) is 22.7. The molecular weight excluding hydrogens is 1240 g/mol. The second-order valence-corrected chi connectivity index (χ2v) is 27.5. The third-order valence-electron chi connectivity index (χ3n) is 22.7. The molecule has 102 heavy (non-hydrogen) atoms. The second kappa shape index (κ2) is 21.6. The van der Waals surface area contributed by atoms with Gasteiger partial charge in [0.2, 0.25) is 0 Å². The van der Waals surface area contributed by atoms with Gasteiger partial charge in [0, 0.05) is 43.1 Å². The number of para-hydroxylation sites is 4. The molecule has 2 atom stereocenters. The van der Waals surface area contributed by atoms with E-state index in [9.17, 15) is 0 Å². The summed E-state index contributed by atoms with van der Waals surface area (Å²) < 4.78 is 14.5. The number of hydrogen-bond acceptors (Lipinski definition) is 4. The van der Waals surface area contributed by atoms with E-state index in [1.165, 1.54) is 77.2 Å². The number of hydrogen-bond donors (Lipinski definition) is 0. The van der Waals surface area contributed by atoms with Crippen molar-refractivity contribution < 1.29 is 8.83 Å². The van der Waals surface area contributed by atoms with Crippen LogP contribution in [0, 0.1) is 0 Å². The van der Waals surface area contributed by atoms with E-state index in [1.54, 1.807) is 0 Å². The Labute approximate surface area is 588 Å². The lowest BCUT2D eigenvalue weighted by Gasteiger charge is -2.51. The highest BCUT2D eigenvalue weighted by Crippen LogP contribution is 2.73. The molecule has 0 N–H and O–H groups in total. The average Bonchev–Trinajstić information content (AvgIpc) is 1.47. The molecule has 18 aromatic carbocycles. The van der Waals surface area contributed by atoms with Crippen LogP contribution in [0.3, 0.4) is 0 Å². The number of nitrogens with zero attached hydrogens (tertiary/aromatic N) is 2. The molecule has 2 aliphatic rings. The van der Waals surface area contributed by atoms with E-state index < -0.39 is 10.8 Å². The van der Waals surface area contributed by atoms with Gasteiger partial charge in [-0.05, 0) is 147 Å². The van der Waals surface area contributed by atoms with Gasteiger partial charge in [-0.2, -0.15) is 0 Å². The second-order valence-electron chi connectivity index (χ2n) is 27.5. The predicted molar refractivity (Wildman–Crippen MR) is 425 cm³/mol. The Kier molecular flexibility index (Phi) is 12.0. The van der Waals surface area contributed by atoms with Crippen LogP contribution in [0.25, 0.3) is 131 Å². The van der Waals surface area contributed by atoms with Gasteiger partial charge in [0.1, 0.15) is 11.2 Å². The van der Waals surface area contributed by atoms with E-state index in [1.807, 2.05) is 0 Å². The third kappa shape index (κ3) is 7.59. The zero-order valence-corrected chi connectivity index (χ0v) is 55.4. The van der Waals surface area contributed by atoms with Crippen LogP contribution in [0.4, 0.5) is 34.1 Å². The summed E-state index contributed by atoms with van der Waals surface area (Å²) in [7, 11) is 0. The number of benzene rings is 18. The lowest BCUT2D eigenvalue weighted by molar-refractivity contribution is 0.438. The summed E-state index contributed by atoms with van der Waals surface area (Å²) in [6.07, 6.45) is 0. The van der Waals surface area contributed by atoms with E-state index in [4.69, 9.17) is 8.83 Å². The van der Waals surface area contributed by atoms with Crippen molar-refractivity contribution in [2.45, 2.75) is 10.8 Å². The van der Waals surface area contributed by atoms with E-state index >= 15 is 0 Å². The molecule has 0 saturated heterocycles. The fourth-order valence-corrected chi connectivity index (χ4v) is 18.9. The summed E-state index contributed by atoms with van der Waals surface area (Å²) in [6.45, 7) is 0.